The Labute approximate surface area is 95.6 Å². The maximum absolute atomic E-state index is 10.1. The minimum atomic E-state index is -0.584. The smallest absolute Gasteiger partial charge is 0.106 e. The van der Waals surface area contributed by atoms with Crippen LogP contribution < -0.4 is 0 Å². The Morgan fingerprint density at radius 1 is 1.12 bits per heavy atom. The third-order valence-corrected chi connectivity index (χ3v) is 2.70. The van der Waals surface area contributed by atoms with Crippen molar-refractivity contribution in [3.63, 3.8) is 0 Å². The van der Waals surface area contributed by atoms with Gasteiger partial charge in [0.05, 0.1) is 0 Å². The number of aliphatic hydroxyl groups is 1. The van der Waals surface area contributed by atoms with E-state index in [9.17, 15) is 5.11 Å². The monoisotopic (exact) mass is 213 g/mol. The second-order valence-electron chi connectivity index (χ2n) is 3.78. The normalized spacial score (nSPS) is 12.4. The summed E-state index contributed by atoms with van der Waals surface area (Å²) in [4.78, 5) is 4.00. The van der Waals surface area contributed by atoms with Crippen molar-refractivity contribution in [3.05, 3.63) is 65.5 Å². The third kappa shape index (κ3) is 2.28. The lowest BCUT2D eigenvalue weighted by atomic mass is 10.0. The Morgan fingerprint density at radius 3 is 2.44 bits per heavy atom. The van der Waals surface area contributed by atoms with Gasteiger partial charge in [-0.15, -0.1) is 0 Å². The van der Waals surface area contributed by atoms with Crippen LogP contribution in [-0.4, -0.2) is 10.1 Å². The molecular formula is C14H15NO. The van der Waals surface area contributed by atoms with Crippen LogP contribution in [0.3, 0.4) is 0 Å². The van der Waals surface area contributed by atoms with Crippen LogP contribution in [0, 0.1) is 0 Å². The minimum absolute atomic E-state index is 0.584. The maximum atomic E-state index is 10.1. The van der Waals surface area contributed by atoms with Gasteiger partial charge in [0.15, 0.2) is 0 Å². The lowest BCUT2D eigenvalue weighted by Crippen LogP contribution is -1.99. The largest absolute Gasteiger partial charge is 0.384 e. The highest BCUT2D eigenvalue weighted by atomic mass is 16.3. The number of benzene rings is 1. The first-order valence-electron chi connectivity index (χ1n) is 5.48. The summed E-state index contributed by atoms with van der Waals surface area (Å²) in [5, 5.41) is 10.1. The fourth-order valence-electron chi connectivity index (χ4n) is 1.67. The van der Waals surface area contributed by atoms with Crippen molar-refractivity contribution in [2.75, 3.05) is 0 Å². The standard InChI is InChI=1S/C14H15NO/c1-2-11-5-7-12(8-6-11)14(16)13-4-3-9-15-10-13/h3-10,14,16H,2H2,1H3. The molecule has 0 bridgehead atoms. The van der Waals surface area contributed by atoms with Gasteiger partial charge in [0.25, 0.3) is 0 Å². The fraction of sp³-hybridized carbons (Fsp3) is 0.214. The van der Waals surface area contributed by atoms with Gasteiger partial charge in [-0.3, -0.25) is 4.98 Å². The molecule has 0 aliphatic rings. The van der Waals surface area contributed by atoms with Gasteiger partial charge in [0, 0.05) is 18.0 Å². The summed E-state index contributed by atoms with van der Waals surface area (Å²) >= 11 is 0. The molecular weight excluding hydrogens is 198 g/mol. The number of aromatic nitrogens is 1. The van der Waals surface area contributed by atoms with Crippen molar-refractivity contribution in [2.45, 2.75) is 19.4 Å². The molecule has 0 spiro atoms. The van der Waals surface area contributed by atoms with E-state index in [1.54, 1.807) is 12.4 Å². The maximum Gasteiger partial charge on any atom is 0.106 e. The average molecular weight is 213 g/mol. The number of pyridine rings is 1. The van der Waals surface area contributed by atoms with Crippen LogP contribution in [0.1, 0.15) is 29.7 Å². The zero-order chi connectivity index (χ0) is 11.4. The van der Waals surface area contributed by atoms with E-state index in [1.165, 1.54) is 5.56 Å². The van der Waals surface area contributed by atoms with E-state index in [1.807, 2.05) is 24.3 Å². The summed E-state index contributed by atoms with van der Waals surface area (Å²) in [5.74, 6) is 0. The Morgan fingerprint density at radius 2 is 1.88 bits per heavy atom. The van der Waals surface area contributed by atoms with E-state index < -0.39 is 6.10 Å². The van der Waals surface area contributed by atoms with E-state index in [2.05, 4.69) is 24.0 Å². The minimum Gasteiger partial charge on any atom is -0.384 e. The Balaban J connectivity index is 2.24. The summed E-state index contributed by atoms with van der Waals surface area (Å²) in [6, 6.07) is 11.8. The fourth-order valence-corrected chi connectivity index (χ4v) is 1.67. The van der Waals surface area contributed by atoms with Crippen LogP contribution in [0.5, 0.6) is 0 Å². The van der Waals surface area contributed by atoms with Gasteiger partial charge >= 0.3 is 0 Å². The molecule has 2 aromatic rings. The molecule has 0 aliphatic carbocycles. The van der Waals surface area contributed by atoms with Crippen molar-refractivity contribution < 1.29 is 5.11 Å². The number of nitrogens with zero attached hydrogens (tertiary/aromatic N) is 1. The Bertz CT molecular complexity index is 436. The van der Waals surface area contributed by atoms with Crippen LogP contribution in [0.25, 0.3) is 0 Å². The van der Waals surface area contributed by atoms with Gasteiger partial charge in [-0.2, -0.15) is 0 Å². The van der Waals surface area contributed by atoms with Crippen LogP contribution in [0.2, 0.25) is 0 Å². The van der Waals surface area contributed by atoms with Gasteiger partial charge in [-0.05, 0) is 23.6 Å². The van der Waals surface area contributed by atoms with Gasteiger partial charge in [0.2, 0.25) is 0 Å². The highest BCUT2D eigenvalue weighted by Crippen LogP contribution is 2.21. The van der Waals surface area contributed by atoms with Crippen LogP contribution in [-0.2, 0) is 6.42 Å². The van der Waals surface area contributed by atoms with Crippen molar-refractivity contribution in [1.82, 2.24) is 4.98 Å². The first-order chi connectivity index (χ1) is 7.81. The highest BCUT2D eigenvalue weighted by Gasteiger charge is 2.09. The molecule has 1 atom stereocenters. The molecule has 1 N–H and O–H groups in total. The van der Waals surface area contributed by atoms with Gasteiger partial charge in [0.1, 0.15) is 6.10 Å². The predicted octanol–water partition coefficient (Wildman–Crippen LogP) is 2.73. The number of aliphatic hydroxyl groups excluding tert-OH is 1. The van der Waals surface area contributed by atoms with Gasteiger partial charge in [-0.25, -0.2) is 0 Å². The molecule has 1 heterocycles. The summed E-state index contributed by atoms with van der Waals surface area (Å²) in [7, 11) is 0. The number of rotatable bonds is 3. The SMILES string of the molecule is CCc1ccc(C(O)c2cccnc2)cc1. The van der Waals surface area contributed by atoms with Gasteiger partial charge < -0.3 is 5.11 Å². The van der Waals surface area contributed by atoms with E-state index in [-0.39, 0.29) is 0 Å². The van der Waals surface area contributed by atoms with Crippen LogP contribution in [0.15, 0.2) is 48.8 Å². The molecule has 0 radical (unpaired) electrons. The molecule has 0 amide bonds. The Kier molecular flexibility index (Phi) is 3.32. The third-order valence-electron chi connectivity index (χ3n) is 2.70. The van der Waals surface area contributed by atoms with E-state index in [0.29, 0.717) is 0 Å². The van der Waals surface area contributed by atoms with E-state index >= 15 is 0 Å². The Hall–Kier alpha value is -1.67. The van der Waals surface area contributed by atoms with E-state index in [4.69, 9.17) is 0 Å². The predicted molar refractivity (Wildman–Crippen MR) is 64.1 cm³/mol. The molecule has 1 aromatic heterocycles. The van der Waals surface area contributed by atoms with Crippen LogP contribution >= 0.6 is 0 Å². The quantitative estimate of drug-likeness (QED) is 0.850. The second kappa shape index (κ2) is 4.90. The molecule has 2 rings (SSSR count). The van der Waals surface area contributed by atoms with Gasteiger partial charge in [-0.1, -0.05) is 37.3 Å². The molecule has 82 valence electrons. The lowest BCUT2D eigenvalue weighted by molar-refractivity contribution is 0.220. The summed E-state index contributed by atoms with van der Waals surface area (Å²) in [6.07, 6.45) is 3.83. The van der Waals surface area contributed by atoms with Crippen molar-refractivity contribution in [1.29, 1.82) is 0 Å². The van der Waals surface area contributed by atoms with Crippen molar-refractivity contribution >= 4 is 0 Å². The molecule has 0 fully saturated rings. The zero-order valence-corrected chi connectivity index (χ0v) is 9.30. The molecule has 2 heteroatoms. The van der Waals surface area contributed by atoms with Crippen molar-refractivity contribution in [2.24, 2.45) is 0 Å². The summed E-state index contributed by atoms with van der Waals surface area (Å²) in [6.45, 7) is 2.12. The van der Waals surface area contributed by atoms with Crippen LogP contribution in [0.4, 0.5) is 0 Å². The molecule has 1 unspecified atom stereocenters. The summed E-state index contributed by atoms with van der Waals surface area (Å²) in [5.41, 5.74) is 3.01. The number of hydrogen-bond donors (Lipinski definition) is 1. The highest BCUT2D eigenvalue weighted by molar-refractivity contribution is 5.30. The molecule has 0 aliphatic heterocycles. The number of hydrogen-bond acceptors (Lipinski definition) is 2. The zero-order valence-electron chi connectivity index (χ0n) is 9.30. The molecule has 0 saturated heterocycles. The molecule has 1 aromatic carbocycles. The first kappa shape index (κ1) is 10.8. The van der Waals surface area contributed by atoms with E-state index in [0.717, 1.165) is 17.5 Å². The molecule has 16 heavy (non-hydrogen) atoms. The second-order valence-corrected chi connectivity index (χ2v) is 3.78. The topological polar surface area (TPSA) is 33.1 Å². The summed E-state index contributed by atoms with van der Waals surface area (Å²) < 4.78 is 0. The van der Waals surface area contributed by atoms with Crippen molar-refractivity contribution in [3.8, 4) is 0 Å². The average Bonchev–Trinajstić information content (AvgIpc) is 2.39. The molecule has 2 nitrogen and oxygen atoms in total. The molecule has 0 saturated carbocycles. The first-order valence-corrected chi connectivity index (χ1v) is 5.48. The number of aryl methyl sites for hydroxylation is 1. The lowest BCUT2D eigenvalue weighted by Gasteiger charge is -2.11.